The Bertz CT molecular complexity index is 947. The van der Waals surface area contributed by atoms with Crippen molar-refractivity contribution in [3.05, 3.63) is 81.4 Å². The van der Waals surface area contributed by atoms with Gasteiger partial charge in [-0.25, -0.2) is 4.39 Å². The van der Waals surface area contributed by atoms with E-state index in [2.05, 4.69) is 10.3 Å². The number of pyridine rings is 1. The van der Waals surface area contributed by atoms with Gasteiger partial charge in [0.15, 0.2) is 0 Å². The molecule has 1 amide bonds. The number of rotatable bonds is 3. The zero-order valence-electron chi connectivity index (χ0n) is 12.5. The molecular formula is C18H15FN2O2. The lowest BCUT2D eigenvalue weighted by atomic mass is 10.1. The van der Waals surface area contributed by atoms with Crippen LogP contribution in [0, 0.1) is 12.7 Å². The van der Waals surface area contributed by atoms with Crippen LogP contribution in [0.1, 0.15) is 21.5 Å². The van der Waals surface area contributed by atoms with Crippen LogP contribution in [-0.4, -0.2) is 10.9 Å². The number of fused-ring (bicyclic) bond motifs is 1. The number of hydrogen-bond acceptors (Lipinski definition) is 2. The Morgan fingerprint density at radius 2 is 2.00 bits per heavy atom. The minimum Gasteiger partial charge on any atom is -0.348 e. The molecular weight excluding hydrogens is 295 g/mol. The Kier molecular flexibility index (Phi) is 3.93. The number of aromatic amines is 1. The third-order valence-electron chi connectivity index (χ3n) is 3.60. The number of nitrogens with one attached hydrogen (secondary N) is 2. The van der Waals surface area contributed by atoms with Gasteiger partial charge in [0, 0.05) is 23.2 Å². The van der Waals surface area contributed by atoms with Gasteiger partial charge >= 0.3 is 0 Å². The molecule has 0 spiro atoms. The summed E-state index contributed by atoms with van der Waals surface area (Å²) in [5.41, 5.74) is 2.24. The molecule has 0 aliphatic rings. The van der Waals surface area contributed by atoms with E-state index in [9.17, 15) is 14.0 Å². The molecule has 2 aromatic carbocycles. The summed E-state index contributed by atoms with van der Waals surface area (Å²) in [4.78, 5) is 26.9. The number of hydrogen-bond donors (Lipinski definition) is 2. The van der Waals surface area contributed by atoms with Gasteiger partial charge in [-0.2, -0.15) is 0 Å². The molecule has 23 heavy (non-hydrogen) atoms. The maximum Gasteiger partial charge on any atom is 0.253 e. The van der Waals surface area contributed by atoms with Gasteiger partial charge in [-0.3, -0.25) is 9.59 Å². The summed E-state index contributed by atoms with van der Waals surface area (Å²) in [6.45, 7) is 2.03. The molecule has 1 heterocycles. The number of aryl methyl sites for hydroxylation is 1. The highest BCUT2D eigenvalue weighted by molar-refractivity contribution is 5.94. The third-order valence-corrected chi connectivity index (χ3v) is 3.60. The molecule has 0 aliphatic carbocycles. The Balaban J connectivity index is 1.81. The zero-order valence-corrected chi connectivity index (χ0v) is 12.5. The van der Waals surface area contributed by atoms with Gasteiger partial charge in [-0.05, 0) is 48.2 Å². The van der Waals surface area contributed by atoms with Gasteiger partial charge in [0.05, 0.1) is 0 Å². The third kappa shape index (κ3) is 3.29. The van der Waals surface area contributed by atoms with Crippen LogP contribution in [-0.2, 0) is 6.54 Å². The summed E-state index contributed by atoms with van der Waals surface area (Å²) in [6.07, 6.45) is 0. The van der Waals surface area contributed by atoms with Crippen LogP contribution in [0.2, 0.25) is 0 Å². The fourth-order valence-corrected chi connectivity index (χ4v) is 2.40. The largest absolute Gasteiger partial charge is 0.348 e. The summed E-state index contributed by atoms with van der Waals surface area (Å²) in [5.74, 6) is -0.899. The van der Waals surface area contributed by atoms with Gasteiger partial charge < -0.3 is 10.3 Å². The van der Waals surface area contributed by atoms with Crippen molar-refractivity contribution in [3.63, 3.8) is 0 Å². The molecule has 3 rings (SSSR count). The SMILES string of the molecule is Cc1ccc2cc(CNC(=O)c3cccc(F)c3)c(=O)[nH]c2c1. The first-order valence-corrected chi connectivity index (χ1v) is 7.19. The summed E-state index contributed by atoms with van der Waals surface area (Å²) in [7, 11) is 0. The minimum absolute atomic E-state index is 0.0779. The predicted molar refractivity (Wildman–Crippen MR) is 86.9 cm³/mol. The van der Waals surface area contributed by atoms with E-state index < -0.39 is 11.7 Å². The highest BCUT2D eigenvalue weighted by atomic mass is 19.1. The van der Waals surface area contributed by atoms with Gasteiger partial charge in [0.1, 0.15) is 5.82 Å². The molecule has 1 aromatic heterocycles. The predicted octanol–water partition coefficient (Wildman–Crippen LogP) is 2.91. The molecule has 0 fully saturated rings. The van der Waals surface area contributed by atoms with Crippen LogP contribution in [0.3, 0.4) is 0 Å². The van der Waals surface area contributed by atoms with Crippen molar-refractivity contribution in [2.24, 2.45) is 0 Å². The van der Waals surface area contributed by atoms with Crippen molar-refractivity contribution in [2.45, 2.75) is 13.5 Å². The Hall–Kier alpha value is -2.95. The molecule has 0 bridgehead atoms. The average Bonchev–Trinajstić information content (AvgIpc) is 2.52. The van der Waals surface area contributed by atoms with Crippen LogP contribution in [0.15, 0.2) is 53.3 Å². The van der Waals surface area contributed by atoms with Crippen LogP contribution in [0.25, 0.3) is 10.9 Å². The van der Waals surface area contributed by atoms with Crippen molar-refractivity contribution in [2.75, 3.05) is 0 Å². The van der Waals surface area contributed by atoms with Gasteiger partial charge in [0.25, 0.3) is 11.5 Å². The van der Waals surface area contributed by atoms with E-state index in [1.165, 1.54) is 18.2 Å². The van der Waals surface area contributed by atoms with Crippen LogP contribution in [0.4, 0.5) is 4.39 Å². The van der Waals surface area contributed by atoms with Gasteiger partial charge in [-0.15, -0.1) is 0 Å². The standard InChI is InChI=1S/C18H15FN2O2/c1-11-5-6-12-8-14(18(23)21-16(12)7-11)10-20-17(22)13-3-2-4-15(19)9-13/h2-9H,10H2,1H3,(H,20,22)(H,21,23). The number of aromatic nitrogens is 1. The maximum atomic E-state index is 13.1. The van der Waals surface area contributed by atoms with Crippen LogP contribution < -0.4 is 10.9 Å². The number of benzene rings is 2. The Labute approximate surface area is 132 Å². The van der Waals surface area contributed by atoms with E-state index in [1.807, 2.05) is 25.1 Å². The monoisotopic (exact) mass is 310 g/mol. The van der Waals surface area contributed by atoms with Crippen molar-refractivity contribution >= 4 is 16.8 Å². The number of H-pyrrole nitrogens is 1. The second kappa shape index (κ2) is 6.04. The van der Waals surface area contributed by atoms with E-state index in [0.717, 1.165) is 22.5 Å². The molecule has 0 saturated heterocycles. The highest BCUT2D eigenvalue weighted by Gasteiger charge is 2.08. The molecule has 3 aromatic rings. The van der Waals surface area contributed by atoms with Crippen LogP contribution >= 0.6 is 0 Å². The fourth-order valence-electron chi connectivity index (χ4n) is 2.40. The lowest BCUT2D eigenvalue weighted by Crippen LogP contribution is -2.26. The van der Waals surface area contributed by atoms with E-state index in [4.69, 9.17) is 0 Å². The van der Waals surface area contributed by atoms with E-state index in [1.54, 1.807) is 6.07 Å². The molecule has 0 radical (unpaired) electrons. The number of carbonyl (C=O) groups excluding carboxylic acids is 1. The van der Waals surface area contributed by atoms with Crippen molar-refractivity contribution < 1.29 is 9.18 Å². The molecule has 4 nitrogen and oxygen atoms in total. The van der Waals surface area contributed by atoms with E-state index >= 15 is 0 Å². The maximum absolute atomic E-state index is 13.1. The quantitative estimate of drug-likeness (QED) is 0.781. The van der Waals surface area contributed by atoms with Crippen LogP contribution in [0.5, 0.6) is 0 Å². The van der Waals surface area contributed by atoms with Gasteiger partial charge in [0.2, 0.25) is 0 Å². The Morgan fingerprint density at radius 1 is 1.17 bits per heavy atom. The fraction of sp³-hybridized carbons (Fsp3) is 0.111. The first-order valence-electron chi connectivity index (χ1n) is 7.19. The molecule has 116 valence electrons. The molecule has 2 N–H and O–H groups in total. The van der Waals surface area contributed by atoms with Crippen molar-refractivity contribution in [1.29, 1.82) is 0 Å². The molecule has 0 unspecified atom stereocenters. The molecule has 5 heteroatoms. The number of carbonyl (C=O) groups is 1. The summed E-state index contributed by atoms with van der Waals surface area (Å²) in [6, 6.07) is 12.9. The van der Waals surface area contributed by atoms with Gasteiger partial charge in [-0.1, -0.05) is 18.2 Å². The summed E-state index contributed by atoms with van der Waals surface area (Å²) >= 11 is 0. The summed E-state index contributed by atoms with van der Waals surface area (Å²) in [5, 5.41) is 3.53. The smallest absolute Gasteiger partial charge is 0.253 e. The molecule has 0 saturated carbocycles. The Morgan fingerprint density at radius 3 is 2.78 bits per heavy atom. The first-order chi connectivity index (χ1) is 11.0. The lowest BCUT2D eigenvalue weighted by Gasteiger charge is -2.07. The number of halogens is 1. The first kappa shape index (κ1) is 15.0. The zero-order chi connectivity index (χ0) is 16.4. The molecule has 0 atom stereocenters. The van der Waals surface area contributed by atoms with E-state index in [-0.39, 0.29) is 17.7 Å². The van der Waals surface area contributed by atoms with E-state index in [0.29, 0.717) is 5.56 Å². The highest BCUT2D eigenvalue weighted by Crippen LogP contribution is 2.13. The second-order valence-corrected chi connectivity index (χ2v) is 5.41. The second-order valence-electron chi connectivity index (χ2n) is 5.41. The van der Waals surface area contributed by atoms with Crippen molar-refractivity contribution in [3.8, 4) is 0 Å². The summed E-state index contributed by atoms with van der Waals surface area (Å²) < 4.78 is 13.1. The minimum atomic E-state index is -0.475. The number of amides is 1. The van der Waals surface area contributed by atoms with Crippen molar-refractivity contribution in [1.82, 2.24) is 10.3 Å². The topological polar surface area (TPSA) is 62.0 Å². The molecule has 0 aliphatic heterocycles. The lowest BCUT2D eigenvalue weighted by molar-refractivity contribution is 0.0950. The normalized spacial score (nSPS) is 10.7. The average molecular weight is 310 g/mol.